The Balaban J connectivity index is 1.52. The predicted octanol–water partition coefficient (Wildman–Crippen LogP) is 4.62. The minimum atomic E-state index is -0.396. The van der Waals surface area contributed by atoms with Gasteiger partial charge in [-0.1, -0.05) is 12.1 Å². The van der Waals surface area contributed by atoms with Gasteiger partial charge in [-0.05, 0) is 72.1 Å². The van der Waals surface area contributed by atoms with Gasteiger partial charge in [-0.2, -0.15) is 0 Å². The van der Waals surface area contributed by atoms with E-state index in [1.165, 1.54) is 24.3 Å². The number of nitrogens with zero attached hydrogens (tertiary/aromatic N) is 1. The van der Waals surface area contributed by atoms with Crippen molar-refractivity contribution in [2.24, 2.45) is 0 Å². The Hall–Kier alpha value is -3.71. The van der Waals surface area contributed by atoms with Crippen LogP contribution in [0.2, 0.25) is 0 Å². The molecule has 7 heteroatoms. The van der Waals surface area contributed by atoms with Crippen molar-refractivity contribution in [1.82, 2.24) is 14.9 Å². The zero-order valence-electron chi connectivity index (χ0n) is 17.7. The molecule has 166 valence electrons. The van der Waals surface area contributed by atoms with E-state index in [2.05, 4.69) is 10.3 Å². The highest BCUT2D eigenvalue weighted by molar-refractivity contribution is 5.95. The van der Waals surface area contributed by atoms with Crippen LogP contribution in [-0.4, -0.2) is 22.6 Å². The third-order valence-corrected chi connectivity index (χ3v) is 6.43. The number of aromatic amines is 1. The molecule has 1 fully saturated rings. The van der Waals surface area contributed by atoms with Crippen molar-refractivity contribution in [3.63, 3.8) is 0 Å². The van der Waals surface area contributed by atoms with Gasteiger partial charge in [0.2, 0.25) is 0 Å². The summed E-state index contributed by atoms with van der Waals surface area (Å²) in [6.45, 7) is 1.82. The molecular formula is C26H21F2N3O2. The van der Waals surface area contributed by atoms with Gasteiger partial charge in [0.05, 0.1) is 17.1 Å². The van der Waals surface area contributed by atoms with Gasteiger partial charge in [-0.3, -0.25) is 4.57 Å². The van der Waals surface area contributed by atoms with Gasteiger partial charge in [-0.25, -0.2) is 13.6 Å². The monoisotopic (exact) mass is 445 g/mol. The number of hydrogen-bond donors (Lipinski definition) is 2. The van der Waals surface area contributed by atoms with Crippen LogP contribution in [0.3, 0.4) is 0 Å². The summed E-state index contributed by atoms with van der Waals surface area (Å²) in [5.74, 6) is -0.338. The number of rotatable bonds is 2. The number of fused-ring (bicyclic) bond motifs is 3. The summed E-state index contributed by atoms with van der Waals surface area (Å²) in [7, 11) is 0. The van der Waals surface area contributed by atoms with Crippen LogP contribution in [0.25, 0.3) is 22.7 Å². The molecule has 3 heterocycles. The van der Waals surface area contributed by atoms with E-state index in [4.69, 9.17) is 4.74 Å². The Morgan fingerprint density at radius 3 is 2.64 bits per heavy atom. The molecule has 3 aromatic carbocycles. The fourth-order valence-electron chi connectivity index (χ4n) is 4.87. The summed E-state index contributed by atoms with van der Waals surface area (Å²) in [4.78, 5) is 15.6. The zero-order valence-corrected chi connectivity index (χ0v) is 17.7. The van der Waals surface area contributed by atoms with Crippen LogP contribution >= 0.6 is 0 Å². The molecule has 1 aromatic heterocycles. The van der Waals surface area contributed by atoms with E-state index in [0.29, 0.717) is 11.3 Å². The van der Waals surface area contributed by atoms with Gasteiger partial charge in [0.15, 0.2) is 0 Å². The second-order valence-electron chi connectivity index (χ2n) is 8.51. The van der Waals surface area contributed by atoms with E-state index in [1.54, 1.807) is 12.1 Å². The molecule has 0 bridgehead atoms. The Kier molecular flexibility index (Phi) is 4.66. The SMILES string of the molecule is O=c1[nH]c2cc(/C=C3\c4ccc(F)cc4COc4cc(F)ccc43)ccc2n1[C@H]1CCNC1. The van der Waals surface area contributed by atoms with E-state index < -0.39 is 5.82 Å². The van der Waals surface area contributed by atoms with E-state index in [9.17, 15) is 13.6 Å². The van der Waals surface area contributed by atoms with Crippen LogP contribution in [0.4, 0.5) is 8.78 Å². The average molecular weight is 445 g/mol. The zero-order chi connectivity index (χ0) is 22.5. The number of H-pyrrole nitrogens is 1. The number of halogens is 2. The van der Waals surface area contributed by atoms with Crippen molar-refractivity contribution < 1.29 is 13.5 Å². The van der Waals surface area contributed by atoms with E-state index in [1.807, 2.05) is 28.8 Å². The average Bonchev–Trinajstić information content (AvgIpc) is 3.40. The molecule has 6 rings (SSSR count). The molecule has 5 nitrogen and oxygen atoms in total. The van der Waals surface area contributed by atoms with Gasteiger partial charge in [0.1, 0.15) is 24.0 Å². The van der Waals surface area contributed by atoms with Gasteiger partial charge in [-0.15, -0.1) is 0 Å². The highest BCUT2D eigenvalue weighted by Crippen LogP contribution is 2.38. The Bertz CT molecular complexity index is 1420. The Morgan fingerprint density at radius 1 is 1.00 bits per heavy atom. The van der Waals surface area contributed by atoms with Crippen LogP contribution in [0.15, 0.2) is 59.4 Å². The van der Waals surface area contributed by atoms with E-state index in [-0.39, 0.29) is 24.2 Å². The summed E-state index contributed by atoms with van der Waals surface area (Å²) in [6.07, 6.45) is 2.88. The third-order valence-electron chi connectivity index (χ3n) is 6.43. The second-order valence-corrected chi connectivity index (χ2v) is 8.51. The number of ether oxygens (including phenoxy) is 1. The van der Waals surface area contributed by atoms with Crippen molar-refractivity contribution in [2.75, 3.05) is 13.1 Å². The normalized spacial score (nSPS) is 18.7. The lowest BCUT2D eigenvalue weighted by molar-refractivity contribution is 0.305. The Morgan fingerprint density at radius 2 is 1.82 bits per heavy atom. The minimum Gasteiger partial charge on any atom is -0.488 e. The summed E-state index contributed by atoms with van der Waals surface area (Å²) >= 11 is 0. The highest BCUT2D eigenvalue weighted by Gasteiger charge is 2.22. The van der Waals surface area contributed by atoms with Crippen molar-refractivity contribution in [2.45, 2.75) is 19.1 Å². The molecule has 0 aliphatic carbocycles. The van der Waals surface area contributed by atoms with Gasteiger partial charge >= 0.3 is 5.69 Å². The summed E-state index contributed by atoms with van der Waals surface area (Å²) in [6, 6.07) is 15.0. The first-order chi connectivity index (χ1) is 16.1. The molecule has 1 saturated heterocycles. The lowest BCUT2D eigenvalue weighted by Gasteiger charge is -2.12. The molecule has 0 saturated carbocycles. The molecule has 33 heavy (non-hydrogen) atoms. The summed E-state index contributed by atoms with van der Waals surface area (Å²) in [5, 5.41) is 3.30. The molecular weight excluding hydrogens is 424 g/mol. The largest absolute Gasteiger partial charge is 0.488 e. The molecule has 0 radical (unpaired) electrons. The Labute approximate surface area is 188 Å². The van der Waals surface area contributed by atoms with E-state index in [0.717, 1.165) is 52.8 Å². The molecule has 2 N–H and O–H groups in total. The number of benzene rings is 3. The first kappa shape index (κ1) is 19.9. The maximum Gasteiger partial charge on any atom is 0.326 e. The second kappa shape index (κ2) is 7.71. The van der Waals surface area contributed by atoms with Gasteiger partial charge in [0, 0.05) is 23.7 Å². The molecule has 0 spiro atoms. The topological polar surface area (TPSA) is 59.1 Å². The minimum absolute atomic E-state index is 0.118. The van der Waals surface area contributed by atoms with Crippen LogP contribution in [-0.2, 0) is 6.61 Å². The standard InChI is InChI=1S/C26H21F2N3O2/c27-17-2-4-20-16(11-17)14-33-25-12-18(28)3-5-21(25)22(20)9-15-1-6-24-23(10-15)30-26(32)31(24)19-7-8-29-13-19/h1-6,9-12,19,29H,7-8,13-14H2,(H,30,32)/b22-9+/t19-/m0/s1. The first-order valence-electron chi connectivity index (χ1n) is 10.9. The predicted molar refractivity (Wildman–Crippen MR) is 123 cm³/mol. The van der Waals surface area contributed by atoms with Crippen LogP contribution in [0.1, 0.15) is 34.7 Å². The number of imidazole rings is 1. The number of nitrogens with one attached hydrogen (secondary N) is 2. The van der Waals surface area contributed by atoms with Crippen LogP contribution in [0, 0.1) is 11.6 Å². The lowest BCUT2D eigenvalue weighted by atomic mass is 9.92. The fourth-order valence-corrected chi connectivity index (χ4v) is 4.87. The highest BCUT2D eigenvalue weighted by atomic mass is 19.1. The quantitative estimate of drug-likeness (QED) is 0.473. The van der Waals surface area contributed by atoms with Gasteiger partial charge < -0.3 is 15.0 Å². The third kappa shape index (κ3) is 3.45. The van der Waals surface area contributed by atoms with Crippen LogP contribution < -0.4 is 15.7 Å². The van der Waals surface area contributed by atoms with Crippen molar-refractivity contribution in [3.8, 4) is 5.75 Å². The van der Waals surface area contributed by atoms with Crippen molar-refractivity contribution >= 4 is 22.7 Å². The van der Waals surface area contributed by atoms with Crippen LogP contribution in [0.5, 0.6) is 5.75 Å². The molecule has 1 atom stereocenters. The number of aromatic nitrogens is 2. The fraction of sp³-hybridized carbons (Fsp3) is 0.192. The van der Waals surface area contributed by atoms with Crippen molar-refractivity contribution in [1.29, 1.82) is 0 Å². The number of hydrogen-bond acceptors (Lipinski definition) is 3. The molecule has 2 aliphatic heterocycles. The molecule has 0 amide bonds. The smallest absolute Gasteiger partial charge is 0.326 e. The maximum absolute atomic E-state index is 13.9. The summed E-state index contributed by atoms with van der Waals surface area (Å²) in [5.41, 5.74) is 5.41. The van der Waals surface area contributed by atoms with Crippen molar-refractivity contribution in [3.05, 3.63) is 99.0 Å². The molecule has 4 aromatic rings. The lowest BCUT2D eigenvalue weighted by Crippen LogP contribution is -2.23. The van der Waals surface area contributed by atoms with Gasteiger partial charge in [0.25, 0.3) is 0 Å². The maximum atomic E-state index is 13.9. The summed E-state index contributed by atoms with van der Waals surface area (Å²) < 4.78 is 35.5. The van der Waals surface area contributed by atoms with E-state index >= 15 is 0 Å². The molecule has 0 unspecified atom stereocenters. The molecule has 2 aliphatic rings. The first-order valence-corrected chi connectivity index (χ1v) is 10.9.